The Balaban J connectivity index is 2.37. The molecule has 0 aliphatic heterocycles. The van der Waals surface area contributed by atoms with Gasteiger partial charge in [-0.15, -0.1) is 11.3 Å². The largest absolute Gasteiger partial charge is 0.468 e. The van der Waals surface area contributed by atoms with Gasteiger partial charge < -0.3 is 4.74 Å². The van der Waals surface area contributed by atoms with Crippen LogP contribution in [0.25, 0.3) is 0 Å². The van der Waals surface area contributed by atoms with E-state index in [0.717, 1.165) is 9.21 Å². The van der Waals surface area contributed by atoms with E-state index < -0.39 is 0 Å². The highest BCUT2D eigenvalue weighted by Crippen LogP contribution is 2.21. The maximum atomic E-state index is 11.0. The Kier molecular flexibility index (Phi) is 4.38. The quantitative estimate of drug-likeness (QED) is 0.809. The molecule has 1 atom stereocenters. The fraction of sp³-hybridized carbons (Fsp3) is 0.444. The van der Waals surface area contributed by atoms with Crippen LogP contribution in [0, 0.1) is 0 Å². The van der Waals surface area contributed by atoms with E-state index >= 15 is 0 Å². The molecule has 78 valence electrons. The summed E-state index contributed by atoms with van der Waals surface area (Å²) in [7, 11) is 1.38. The van der Waals surface area contributed by atoms with Crippen molar-refractivity contribution in [2.45, 2.75) is 19.5 Å². The topological polar surface area (TPSA) is 38.3 Å². The second kappa shape index (κ2) is 5.34. The summed E-state index contributed by atoms with van der Waals surface area (Å²) in [6.07, 6.45) is 0. The number of esters is 1. The Morgan fingerprint density at radius 3 is 2.93 bits per heavy atom. The molecule has 1 aromatic rings. The van der Waals surface area contributed by atoms with Crippen molar-refractivity contribution in [3.63, 3.8) is 0 Å². The van der Waals surface area contributed by atoms with Crippen LogP contribution in [0.15, 0.2) is 12.1 Å². The molecule has 0 saturated heterocycles. The average molecular weight is 234 g/mol. The summed E-state index contributed by atoms with van der Waals surface area (Å²) in [5, 5.41) is 3.04. The van der Waals surface area contributed by atoms with Gasteiger partial charge in [0, 0.05) is 11.4 Å². The summed E-state index contributed by atoms with van der Waals surface area (Å²) < 4.78 is 5.34. The van der Waals surface area contributed by atoms with Crippen molar-refractivity contribution in [2.24, 2.45) is 0 Å². The number of halogens is 1. The zero-order chi connectivity index (χ0) is 10.6. The number of carbonyl (C=O) groups excluding carboxylic acids is 1. The van der Waals surface area contributed by atoms with Crippen LogP contribution in [0.5, 0.6) is 0 Å². The van der Waals surface area contributed by atoms with E-state index in [1.54, 1.807) is 6.92 Å². The summed E-state index contributed by atoms with van der Waals surface area (Å²) in [4.78, 5) is 12.1. The van der Waals surface area contributed by atoms with Crippen molar-refractivity contribution >= 4 is 28.9 Å². The average Bonchev–Trinajstić information content (AvgIpc) is 2.59. The van der Waals surface area contributed by atoms with Crippen LogP contribution >= 0.6 is 22.9 Å². The van der Waals surface area contributed by atoms with Gasteiger partial charge in [-0.25, -0.2) is 0 Å². The van der Waals surface area contributed by atoms with Gasteiger partial charge in [-0.2, -0.15) is 0 Å². The van der Waals surface area contributed by atoms with Gasteiger partial charge in [0.1, 0.15) is 6.04 Å². The smallest absolute Gasteiger partial charge is 0.322 e. The lowest BCUT2D eigenvalue weighted by Crippen LogP contribution is -2.34. The minimum Gasteiger partial charge on any atom is -0.468 e. The van der Waals surface area contributed by atoms with E-state index in [0.29, 0.717) is 6.54 Å². The van der Waals surface area contributed by atoms with Crippen molar-refractivity contribution in [1.82, 2.24) is 5.32 Å². The monoisotopic (exact) mass is 233 g/mol. The molecule has 0 bridgehead atoms. The summed E-state index contributed by atoms with van der Waals surface area (Å²) in [6, 6.07) is 3.48. The zero-order valence-electron chi connectivity index (χ0n) is 8.04. The molecule has 0 aromatic carbocycles. The Labute approximate surface area is 92.0 Å². The van der Waals surface area contributed by atoms with E-state index in [2.05, 4.69) is 10.1 Å². The molecule has 1 N–H and O–H groups in total. The highest BCUT2D eigenvalue weighted by atomic mass is 35.5. The second-order valence-corrected chi connectivity index (χ2v) is 4.63. The SMILES string of the molecule is COC(=O)C(C)NCc1ccc(Cl)s1. The van der Waals surface area contributed by atoms with Gasteiger partial charge in [-0.1, -0.05) is 11.6 Å². The van der Waals surface area contributed by atoms with E-state index in [9.17, 15) is 4.79 Å². The van der Waals surface area contributed by atoms with Crippen molar-refractivity contribution < 1.29 is 9.53 Å². The number of carbonyl (C=O) groups is 1. The molecular formula is C9H12ClNO2S. The van der Waals surface area contributed by atoms with E-state index in [1.165, 1.54) is 18.4 Å². The molecule has 0 amide bonds. The van der Waals surface area contributed by atoms with Crippen LogP contribution in [-0.2, 0) is 16.1 Å². The highest BCUT2D eigenvalue weighted by molar-refractivity contribution is 7.16. The molecule has 0 radical (unpaired) electrons. The summed E-state index contributed by atoms with van der Waals surface area (Å²) in [5.41, 5.74) is 0. The van der Waals surface area contributed by atoms with Crippen molar-refractivity contribution in [3.05, 3.63) is 21.3 Å². The lowest BCUT2D eigenvalue weighted by Gasteiger charge is -2.09. The molecule has 0 fully saturated rings. The summed E-state index contributed by atoms with van der Waals surface area (Å²) >= 11 is 7.26. The third kappa shape index (κ3) is 3.29. The van der Waals surface area contributed by atoms with Gasteiger partial charge in [0.2, 0.25) is 0 Å². The summed E-state index contributed by atoms with van der Waals surface area (Å²) in [6.45, 7) is 2.40. The molecular weight excluding hydrogens is 222 g/mol. The number of hydrogen-bond donors (Lipinski definition) is 1. The van der Waals surface area contributed by atoms with Crippen LogP contribution in [0.1, 0.15) is 11.8 Å². The molecule has 0 aliphatic rings. The predicted octanol–water partition coefficient (Wildman–Crippen LogP) is 2.05. The third-order valence-corrected chi connectivity index (χ3v) is 3.00. The van der Waals surface area contributed by atoms with Crippen LogP contribution in [0.3, 0.4) is 0 Å². The van der Waals surface area contributed by atoms with Gasteiger partial charge in [0.25, 0.3) is 0 Å². The van der Waals surface area contributed by atoms with E-state index in [-0.39, 0.29) is 12.0 Å². The first kappa shape index (κ1) is 11.5. The molecule has 0 spiro atoms. The van der Waals surface area contributed by atoms with Crippen molar-refractivity contribution in [2.75, 3.05) is 7.11 Å². The Morgan fingerprint density at radius 1 is 1.71 bits per heavy atom. The number of hydrogen-bond acceptors (Lipinski definition) is 4. The Morgan fingerprint density at radius 2 is 2.43 bits per heavy atom. The van der Waals surface area contributed by atoms with Crippen LogP contribution in [0.4, 0.5) is 0 Å². The molecule has 1 unspecified atom stereocenters. The maximum Gasteiger partial charge on any atom is 0.322 e. The van der Waals surface area contributed by atoms with E-state index in [4.69, 9.17) is 11.6 Å². The Hall–Kier alpha value is -0.580. The minimum atomic E-state index is -0.291. The van der Waals surface area contributed by atoms with E-state index in [1.807, 2.05) is 12.1 Å². The minimum absolute atomic E-state index is 0.257. The fourth-order valence-corrected chi connectivity index (χ4v) is 2.00. The first-order chi connectivity index (χ1) is 6.63. The standard InChI is InChI=1S/C9H12ClNO2S/c1-6(9(12)13-2)11-5-7-3-4-8(10)14-7/h3-4,6,11H,5H2,1-2H3. The predicted molar refractivity (Wildman–Crippen MR) is 57.6 cm³/mol. The second-order valence-electron chi connectivity index (χ2n) is 2.83. The molecule has 1 heterocycles. The zero-order valence-corrected chi connectivity index (χ0v) is 9.61. The summed E-state index contributed by atoms with van der Waals surface area (Å²) in [5.74, 6) is -0.257. The first-order valence-electron chi connectivity index (χ1n) is 4.19. The first-order valence-corrected chi connectivity index (χ1v) is 5.38. The van der Waals surface area contributed by atoms with Crippen LogP contribution < -0.4 is 5.32 Å². The van der Waals surface area contributed by atoms with Crippen LogP contribution in [0.2, 0.25) is 4.34 Å². The normalized spacial score (nSPS) is 12.5. The van der Waals surface area contributed by atoms with Crippen LogP contribution in [-0.4, -0.2) is 19.1 Å². The van der Waals surface area contributed by atoms with Gasteiger partial charge in [-0.05, 0) is 19.1 Å². The molecule has 3 nitrogen and oxygen atoms in total. The van der Waals surface area contributed by atoms with Gasteiger partial charge in [0.15, 0.2) is 0 Å². The lowest BCUT2D eigenvalue weighted by molar-refractivity contribution is -0.142. The molecule has 1 rings (SSSR count). The number of nitrogens with one attached hydrogen (secondary N) is 1. The molecule has 0 saturated carbocycles. The fourth-order valence-electron chi connectivity index (χ4n) is 0.961. The van der Waals surface area contributed by atoms with Crippen molar-refractivity contribution in [3.8, 4) is 0 Å². The van der Waals surface area contributed by atoms with Gasteiger partial charge in [-0.3, -0.25) is 10.1 Å². The highest BCUT2D eigenvalue weighted by Gasteiger charge is 2.11. The Bertz CT molecular complexity index is 314. The lowest BCUT2D eigenvalue weighted by atomic mass is 10.3. The third-order valence-electron chi connectivity index (χ3n) is 1.77. The number of thiophene rings is 1. The molecule has 14 heavy (non-hydrogen) atoms. The molecule has 0 aliphatic carbocycles. The van der Waals surface area contributed by atoms with Gasteiger partial charge in [0.05, 0.1) is 11.4 Å². The number of rotatable bonds is 4. The molecule has 5 heteroatoms. The van der Waals surface area contributed by atoms with Gasteiger partial charge >= 0.3 is 5.97 Å². The number of ether oxygens (including phenoxy) is 1. The maximum absolute atomic E-state index is 11.0. The molecule has 1 aromatic heterocycles. The van der Waals surface area contributed by atoms with Crippen molar-refractivity contribution in [1.29, 1.82) is 0 Å². The number of methoxy groups -OCH3 is 1.